The highest BCUT2D eigenvalue weighted by Gasteiger charge is 2.46. The summed E-state index contributed by atoms with van der Waals surface area (Å²) in [5, 5.41) is 11.7. The lowest BCUT2D eigenvalue weighted by molar-refractivity contribution is -0.140. The number of carbonyl (C=O) groups excluding carboxylic acids is 2. The molecule has 9 heteroatoms. The number of aliphatic hydroxyl groups excluding tert-OH is 1. The number of ketones is 1. The van der Waals surface area contributed by atoms with Crippen LogP contribution in [0.5, 0.6) is 0 Å². The molecule has 1 N–H and O–H groups in total. The van der Waals surface area contributed by atoms with Gasteiger partial charge in [0.1, 0.15) is 11.6 Å². The second kappa shape index (κ2) is 10.2. The van der Waals surface area contributed by atoms with Crippen LogP contribution in [0.2, 0.25) is 10.0 Å². The lowest BCUT2D eigenvalue weighted by atomic mass is 9.95. The number of nitrogens with zero attached hydrogens (tertiary/aromatic N) is 2. The normalized spacial score (nSPS) is 21.1. The molecule has 0 unspecified atom stereocenters. The summed E-state index contributed by atoms with van der Waals surface area (Å²) in [6, 6.07) is 8.99. The summed E-state index contributed by atoms with van der Waals surface area (Å²) < 4.78 is 18.7. The quantitative estimate of drug-likeness (QED) is 0.370. The summed E-state index contributed by atoms with van der Waals surface area (Å²) in [4.78, 5) is 29.7. The molecule has 0 saturated carbocycles. The maximum absolute atomic E-state index is 13.4. The molecule has 33 heavy (non-hydrogen) atoms. The van der Waals surface area contributed by atoms with Crippen molar-refractivity contribution in [2.75, 3.05) is 39.4 Å². The molecule has 2 heterocycles. The fourth-order valence-corrected chi connectivity index (χ4v) is 4.72. The number of aliphatic hydroxyl groups is 1. The fraction of sp³-hybridized carbons (Fsp3) is 0.333. The van der Waals surface area contributed by atoms with Crippen LogP contribution < -0.4 is 0 Å². The zero-order valence-electron chi connectivity index (χ0n) is 17.8. The number of benzene rings is 2. The second-order valence-electron chi connectivity index (χ2n) is 7.97. The van der Waals surface area contributed by atoms with Gasteiger partial charge >= 0.3 is 0 Å². The topological polar surface area (TPSA) is 70.1 Å². The Morgan fingerprint density at radius 3 is 2.42 bits per heavy atom. The molecular weight excluding hydrogens is 470 g/mol. The van der Waals surface area contributed by atoms with E-state index < -0.39 is 23.5 Å². The molecule has 2 aliphatic rings. The molecule has 0 aromatic heterocycles. The van der Waals surface area contributed by atoms with Gasteiger partial charge in [-0.3, -0.25) is 14.5 Å². The molecule has 2 saturated heterocycles. The van der Waals surface area contributed by atoms with Crippen molar-refractivity contribution in [3.63, 3.8) is 0 Å². The van der Waals surface area contributed by atoms with Crippen molar-refractivity contribution in [2.45, 2.75) is 12.5 Å². The highest BCUT2D eigenvalue weighted by molar-refractivity contribution is 6.47. The highest BCUT2D eigenvalue weighted by Crippen LogP contribution is 2.42. The first kappa shape index (κ1) is 23.7. The monoisotopic (exact) mass is 492 g/mol. The van der Waals surface area contributed by atoms with Crippen LogP contribution >= 0.6 is 23.2 Å². The predicted molar refractivity (Wildman–Crippen MR) is 124 cm³/mol. The summed E-state index contributed by atoms with van der Waals surface area (Å²) in [5.41, 5.74) is 0.635. The number of halogens is 3. The van der Waals surface area contributed by atoms with E-state index >= 15 is 0 Å². The molecule has 2 fully saturated rings. The van der Waals surface area contributed by atoms with Gasteiger partial charge in [0.15, 0.2) is 0 Å². The first-order valence-corrected chi connectivity index (χ1v) is 11.4. The van der Waals surface area contributed by atoms with Gasteiger partial charge in [0.2, 0.25) is 0 Å². The van der Waals surface area contributed by atoms with Crippen LogP contribution in [0.1, 0.15) is 23.6 Å². The smallest absolute Gasteiger partial charge is 0.295 e. The van der Waals surface area contributed by atoms with Gasteiger partial charge in [-0.05, 0) is 48.4 Å². The van der Waals surface area contributed by atoms with Crippen molar-refractivity contribution < 1.29 is 23.8 Å². The van der Waals surface area contributed by atoms with Gasteiger partial charge in [-0.25, -0.2) is 4.39 Å². The third-order valence-electron chi connectivity index (χ3n) is 5.89. The lowest BCUT2D eigenvalue weighted by Gasteiger charge is -2.29. The highest BCUT2D eigenvalue weighted by atomic mass is 35.5. The minimum atomic E-state index is -0.885. The number of Topliss-reactive ketones (excluding diaryl/α,β-unsaturated/α-hetero) is 1. The molecule has 174 valence electrons. The summed E-state index contributed by atoms with van der Waals surface area (Å²) in [6.07, 6.45) is 0.630. The van der Waals surface area contributed by atoms with E-state index in [0.29, 0.717) is 36.8 Å². The van der Waals surface area contributed by atoms with E-state index in [-0.39, 0.29) is 21.9 Å². The van der Waals surface area contributed by atoms with Gasteiger partial charge in [-0.15, -0.1) is 0 Å². The van der Waals surface area contributed by atoms with Crippen LogP contribution in [0.25, 0.3) is 5.76 Å². The predicted octanol–water partition coefficient (Wildman–Crippen LogP) is 4.28. The van der Waals surface area contributed by atoms with E-state index in [1.807, 2.05) is 0 Å². The number of hydrogen-bond donors (Lipinski definition) is 1. The Morgan fingerprint density at radius 1 is 1.06 bits per heavy atom. The van der Waals surface area contributed by atoms with Crippen molar-refractivity contribution in [3.05, 3.63) is 75.0 Å². The minimum Gasteiger partial charge on any atom is -0.507 e. The molecule has 0 radical (unpaired) electrons. The largest absolute Gasteiger partial charge is 0.507 e. The third kappa shape index (κ3) is 5.06. The average Bonchev–Trinajstić information content (AvgIpc) is 3.05. The molecule has 0 bridgehead atoms. The van der Waals surface area contributed by atoms with Crippen LogP contribution in [0.3, 0.4) is 0 Å². The number of rotatable bonds is 6. The van der Waals surface area contributed by atoms with Crippen molar-refractivity contribution in [1.82, 2.24) is 9.80 Å². The molecule has 2 aromatic rings. The van der Waals surface area contributed by atoms with Crippen LogP contribution in [0, 0.1) is 5.82 Å². The molecule has 4 rings (SSSR count). The molecule has 2 aliphatic heterocycles. The Balaban J connectivity index is 1.70. The molecule has 2 aromatic carbocycles. The number of hydrogen-bond acceptors (Lipinski definition) is 5. The molecule has 1 amide bonds. The number of likely N-dealkylation sites (tertiary alicyclic amines) is 1. The Labute approximate surface area is 201 Å². The first-order valence-electron chi connectivity index (χ1n) is 10.7. The summed E-state index contributed by atoms with van der Waals surface area (Å²) >= 11 is 12.5. The van der Waals surface area contributed by atoms with Gasteiger partial charge in [-0.1, -0.05) is 29.3 Å². The summed E-state index contributed by atoms with van der Waals surface area (Å²) in [6.45, 7) is 4.01. The molecular formula is C24H23Cl2FN2O4. The Kier molecular flexibility index (Phi) is 7.34. The van der Waals surface area contributed by atoms with E-state index in [2.05, 4.69) is 4.90 Å². The first-order chi connectivity index (χ1) is 15.9. The number of carbonyl (C=O) groups is 2. The zero-order chi connectivity index (χ0) is 23.5. The number of amides is 1. The van der Waals surface area contributed by atoms with Crippen molar-refractivity contribution >= 4 is 40.7 Å². The number of morpholine rings is 1. The van der Waals surface area contributed by atoms with Gasteiger partial charge in [0, 0.05) is 41.8 Å². The van der Waals surface area contributed by atoms with Crippen LogP contribution in [0.15, 0.2) is 48.0 Å². The second-order valence-corrected chi connectivity index (χ2v) is 8.82. The van der Waals surface area contributed by atoms with Crippen LogP contribution in [-0.4, -0.2) is 66.0 Å². The molecule has 0 spiro atoms. The van der Waals surface area contributed by atoms with Crippen molar-refractivity contribution in [3.8, 4) is 0 Å². The van der Waals surface area contributed by atoms with E-state index in [9.17, 15) is 19.1 Å². The number of ether oxygens (including phenoxy) is 1. The summed E-state index contributed by atoms with van der Waals surface area (Å²) in [5.74, 6) is -2.37. The van der Waals surface area contributed by atoms with E-state index in [0.717, 1.165) is 19.6 Å². The van der Waals surface area contributed by atoms with E-state index in [1.54, 1.807) is 12.1 Å². The summed E-state index contributed by atoms with van der Waals surface area (Å²) in [7, 11) is 0. The lowest BCUT2D eigenvalue weighted by Crippen LogP contribution is -2.39. The van der Waals surface area contributed by atoms with Crippen LogP contribution in [0.4, 0.5) is 4.39 Å². The average molecular weight is 493 g/mol. The van der Waals surface area contributed by atoms with Gasteiger partial charge in [-0.2, -0.15) is 0 Å². The Bertz CT molecular complexity index is 1080. The maximum atomic E-state index is 13.4. The fourth-order valence-electron chi connectivity index (χ4n) is 4.21. The minimum absolute atomic E-state index is 0.0813. The SMILES string of the molecule is O=C1C(=O)N(CCCN2CCOCC2)[C@H](c2ccc(Cl)cc2Cl)/C1=C(\O)c1ccc(F)cc1. The molecule has 0 aliphatic carbocycles. The van der Waals surface area contributed by atoms with Crippen molar-refractivity contribution in [2.24, 2.45) is 0 Å². The van der Waals surface area contributed by atoms with Gasteiger partial charge in [0.05, 0.1) is 24.8 Å². The molecule has 6 nitrogen and oxygen atoms in total. The van der Waals surface area contributed by atoms with Gasteiger partial charge < -0.3 is 14.7 Å². The Morgan fingerprint density at radius 2 is 1.76 bits per heavy atom. The molecule has 1 atom stereocenters. The van der Waals surface area contributed by atoms with E-state index in [1.165, 1.54) is 35.2 Å². The Hall–Kier alpha value is -2.45. The third-order valence-corrected chi connectivity index (χ3v) is 6.45. The van der Waals surface area contributed by atoms with Gasteiger partial charge in [0.25, 0.3) is 11.7 Å². The maximum Gasteiger partial charge on any atom is 0.295 e. The van der Waals surface area contributed by atoms with Crippen LogP contribution in [-0.2, 0) is 14.3 Å². The standard InChI is InChI=1S/C24H23Cl2FN2O4/c25-16-4-7-18(19(26)14-16)21-20(22(30)15-2-5-17(27)6-3-15)23(31)24(32)29(21)9-1-8-28-10-12-33-13-11-28/h2-7,14,21,30H,1,8-13H2/b22-20+/t21-/m1/s1. The van der Waals surface area contributed by atoms with E-state index in [4.69, 9.17) is 27.9 Å². The van der Waals surface area contributed by atoms with Crippen molar-refractivity contribution in [1.29, 1.82) is 0 Å². The zero-order valence-corrected chi connectivity index (χ0v) is 19.3.